The quantitative estimate of drug-likeness (QED) is 0.788. The van der Waals surface area contributed by atoms with Gasteiger partial charge in [-0.3, -0.25) is 4.79 Å². The highest BCUT2D eigenvalue weighted by Gasteiger charge is 2.24. The Morgan fingerprint density at radius 2 is 1.85 bits per heavy atom. The van der Waals surface area contributed by atoms with Gasteiger partial charge in [0.1, 0.15) is 5.75 Å². The number of hydrogen-bond acceptors (Lipinski definition) is 4. The van der Waals surface area contributed by atoms with Crippen molar-refractivity contribution in [2.24, 2.45) is 0 Å². The molecule has 0 aliphatic carbocycles. The van der Waals surface area contributed by atoms with Gasteiger partial charge in [0.05, 0.1) is 18.6 Å². The topological polar surface area (TPSA) is 75.7 Å². The van der Waals surface area contributed by atoms with E-state index in [0.717, 1.165) is 27.5 Å². The van der Waals surface area contributed by atoms with Crippen molar-refractivity contribution in [1.29, 1.82) is 0 Å². The Morgan fingerprint density at radius 3 is 2.44 bits per heavy atom. The first-order chi connectivity index (χ1) is 12.7. The van der Waals surface area contributed by atoms with Crippen LogP contribution in [0.25, 0.3) is 0 Å². The van der Waals surface area contributed by atoms with E-state index in [2.05, 4.69) is 5.32 Å². The van der Waals surface area contributed by atoms with E-state index in [9.17, 15) is 13.2 Å². The van der Waals surface area contributed by atoms with Gasteiger partial charge in [0.2, 0.25) is 15.9 Å². The minimum atomic E-state index is -3.78. The number of rotatable bonds is 7. The van der Waals surface area contributed by atoms with Gasteiger partial charge in [-0.2, -0.15) is 4.31 Å². The Kier molecular flexibility index (Phi) is 6.62. The maximum absolute atomic E-state index is 12.8. The monoisotopic (exact) mass is 390 g/mol. The molecule has 0 radical (unpaired) electrons. The molecule has 2 rings (SSSR count). The number of carbonyl (C=O) groups excluding carboxylic acids is 1. The van der Waals surface area contributed by atoms with Gasteiger partial charge in [0.15, 0.2) is 0 Å². The number of para-hydroxylation sites is 1. The third-order valence-electron chi connectivity index (χ3n) is 4.45. The molecule has 0 saturated carbocycles. The molecule has 0 spiro atoms. The molecule has 0 fully saturated rings. The number of nitrogens with zero attached hydrogens (tertiary/aromatic N) is 1. The summed E-state index contributed by atoms with van der Waals surface area (Å²) in [4.78, 5) is 12.6. The van der Waals surface area contributed by atoms with Gasteiger partial charge in [0, 0.05) is 12.7 Å². The predicted octanol–water partition coefficient (Wildman–Crippen LogP) is 3.13. The third kappa shape index (κ3) is 4.67. The van der Waals surface area contributed by atoms with Crippen LogP contribution in [0.5, 0.6) is 5.75 Å². The van der Waals surface area contributed by atoms with Crippen molar-refractivity contribution < 1.29 is 17.9 Å². The Bertz CT molecular complexity index is 939. The minimum absolute atomic E-state index is 0.126. The van der Waals surface area contributed by atoms with E-state index < -0.39 is 10.0 Å². The van der Waals surface area contributed by atoms with Crippen molar-refractivity contribution in [3.63, 3.8) is 0 Å². The van der Waals surface area contributed by atoms with Crippen LogP contribution in [0.15, 0.2) is 41.3 Å². The van der Waals surface area contributed by atoms with Gasteiger partial charge < -0.3 is 10.1 Å². The highest BCUT2D eigenvalue weighted by Crippen LogP contribution is 2.24. The van der Waals surface area contributed by atoms with Gasteiger partial charge in [0.25, 0.3) is 0 Å². The number of benzene rings is 2. The van der Waals surface area contributed by atoms with Crippen molar-refractivity contribution in [2.45, 2.75) is 32.1 Å². The third-order valence-corrected chi connectivity index (χ3v) is 6.24. The van der Waals surface area contributed by atoms with Gasteiger partial charge in [-0.05, 0) is 55.2 Å². The minimum Gasteiger partial charge on any atom is -0.496 e. The molecule has 0 unspecified atom stereocenters. The molecule has 0 saturated heterocycles. The first kappa shape index (κ1) is 20.9. The summed E-state index contributed by atoms with van der Waals surface area (Å²) in [5.41, 5.74) is 3.42. The maximum atomic E-state index is 12.8. The number of anilines is 1. The fourth-order valence-electron chi connectivity index (χ4n) is 2.86. The molecule has 6 nitrogen and oxygen atoms in total. The zero-order valence-electron chi connectivity index (χ0n) is 16.4. The first-order valence-corrected chi connectivity index (χ1v) is 10.1. The summed E-state index contributed by atoms with van der Waals surface area (Å²) in [7, 11) is -0.856. The van der Waals surface area contributed by atoms with Crippen LogP contribution in [0.4, 0.5) is 5.69 Å². The van der Waals surface area contributed by atoms with E-state index in [1.54, 1.807) is 19.1 Å². The van der Waals surface area contributed by atoms with Crippen molar-refractivity contribution in [3.8, 4) is 5.75 Å². The summed E-state index contributed by atoms with van der Waals surface area (Å²) in [6, 6.07) is 10.4. The first-order valence-electron chi connectivity index (χ1n) is 8.70. The Hall–Kier alpha value is -2.38. The Balaban J connectivity index is 2.17. The summed E-state index contributed by atoms with van der Waals surface area (Å²) >= 11 is 0. The summed E-state index contributed by atoms with van der Waals surface area (Å²) in [5.74, 6) is 0.233. The number of amides is 1. The van der Waals surface area contributed by atoms with Crippen LogP contribution in [0.3, 0.4) is 0 Å². The lowest BCUT2D eigenvalue weighted by Crippen LogP contribution is -2.35. The molecule has 27 heavy (non-hydrogen) atoms. The number of aryl methyl sites for hydroxylation is 3. The number of likely N-dealkylation sites (N-methyl/N-ethyl adjacent to an activating group) is 1. The van der Waals surface area contributed by atoms with E-state index >= 15 is 0 Å². The standard InChI is InChI=1S/C20H26N2O4S/c1-6-16-9-7-8-14(2)20(16)21-19(23)13-22(4)27(24,25)17-10-11-18(26-5)15(3)12-17/h7-12H,6,13H2,1-5H3,(H,21,23). The molecule has 0 bridgehead atoms. The van der Waals surface area contributed by atoms with Gasteiger partial charge in [-0.15, -0.1) is 0 Å². The van der Waals surface area contributed by atoms with Crippen LogP contribution in [0.2, 0.25) is 0 Å². The largest absolute Gasteiger partial charge is 0.496 e. The Morgan fingerprint density at radius 1 is 1.15 bits per heavy atom. The van der Waals surface area contributed by atoms with E-state index in [1.807, 2.05) is 32.0 Å². The van der Waals surface area contributed by atoms with Gasteiger partial charge >= 0.3 is 0 Å². The van der Waals surface area contributed by atoms with E-state index in [1.165, 1.54) is 20.2 Å². The molecule has 2 aromatic carbocycles. The van der Waals surface area contributed by atoms with Crippen LogP contribution < -0.4 is 10.1 Å². The molecule has 0 aliphatic heterocycles. The van der Waals surface area contributed by atoms with Crippen molar-refractivity contribution >= 4 is 21.6 Å². The van der Waals surface area contributed by atoms with E-state index in [0.29, 0.717) is 11.3 Å². The normalized spacial score (nSPS) is 11.5. The molecule has 0 aliphatic rings. The highest BCUT2D eigenvalue weighted by atomic mass is 32.2. The van der Waals surface area contributed by atoms with Crippen molar-refractivity contribution in [1.82, 2.24) is 4.31 Å². The summed E-state index contributed by atoms with van der Waals surface area (Å²) in [6.07, 6.45) is 0.774. The molecular formula is C20H26N2O4S. The number of nitrogens with one attached hydrogen (secondary N) is 1. The summed E-state index contributed by atoms with van der Waals surface area (Å²) in [6.45, 7) is 5.42. The van der Waals surface area contributed by atoms with Gasteiger partial charge in [-0.25, -0.2) is 8.42 Å². The number of methoxy groups -OCH3 is 1. The zero-order valence-corrected chi connectivity index (χ0v) is 17.2. The summed E-state index contributed by atoms with van der Waals surface area (Å²) < 4.78 is 31.7. The number of hydrogen-bond donors (Lipinski definition) is 1. The lowest BCUT2D eigenvalue weighted by Gasteiger charge is -2.19. The van der Waals surface area contributed by atoms with Crippen LogP contribution in [0.1, 0.15) is 23.6 Å². The molecule has 1 amide bonds. The van der Waals surface area contributed by atoms with Crippen LogP contribution in [-0.4, -0.2) is 39.3 Å². The van der Waals surface area contributed by atoms with E-state index in [-0.39, 0.29) is 17.3 Å². The molecule has 7 heteroatoms. The zero-order chi connectivity index (χ0) is 20.2. The average Bonchev–Trinajstić information content (AvgIpc) is 2.63. The predicted molar refractivity (Wildman–Crippen MR) is 107 cm³/mol. The molecule has 0 heterocycles. The van der Waals surface area contributed by atoms with Crippen LogP contribution in [0, 0.1) is 13.8 Å². The highest BCUT2D eigenvalue weighted by molar-refractivity contribution is 7.89. The second-order valence-electron chi connectivity index (χ2n) is 6.40. The second kappa shape index (κ2) is 8.54. The maximum Gasteiger partial charge on any atom is 0.243 e. The molecular weight excluding hydrogens is 364 g/mol. The molecule has 0 aromatic heterocycles. The number of sulfonamides is 1. The van der Waals surface area contributed by atoms with Crippen LogP contribution >= 0.6 is 0 Å². The lowest BCUT2D eigenvalue weighted by molar-refractivity contribution is -0.116. The number of ether oxygens (including phenoxy) is 1. The summed E-state index contributed by atoms with van der Waals surface area (Å²) in [5, 5.41) is 2.85. The fourth-order valence-corrected chi connectivity index (χ4v) is 4.07. The molecule has 1 N–H and O–H groups in total. The lowest BCUT2D eigenvalue weighted by atomic mass is 10.1. The second-order valence-corrected chi connectivity index (χ2v) is 8.45. The molecule has 146 valence electrons. The molecule has 2 aromatic rings. The Labute approximate surface area is 161 Å². The van der Waals surface area contributed by atoms with Crippen molar-refractivity contribution in [2.75, 3.05) is 26.0 Å². The van der Waals surface area contributed by atoms with E-state index in [4.69, 9.17) is 4.74 Å². The molecule has 0 atom stereocenters. The fraction of sp³-hybridized carbons (Fsp3) is 0.350. The van der Waals surface area contributed by atoms with Crippen LogP contribution in [-0.2, 0) is 21.2 Å². The SMILES string of the molecule is CCc1cccc(C)c1NC(=O)CN(C)S(=O)(=O)c1ccc(OC)c(C)c1. The average molecular weight is 391 g/mol. The smallest absolute Gasteiger partial charge is 0.243 e. The van der Waals surface area contributed by atoms with Crippen molar-refractivity contribution in [3.05, 3.63) is 53.1 Å². The number of carbonyl (C=O) groups is 1. The van der Waals surface area contributed by atoms with Gasteiger partial charge in [-0.1, -0.05) is 25.1 Å².